The minimum atomic E-state index is 0.914. The van der Waals surface area contributed by atoms with E-state index < -0.39 is 0 Å². The zero-order chi connectivity index (χ0) is 9.10. The Labute approximate surface area is 78.9 Å². The van der Waals surface area contributed by atoms with Crippen LogP contribution in [0.1, 0.15) is 12.8 Å². The van der Waals surface area contributed by atoms with Gasteiger partial charge in [0.15, 0.2) is 0 Å². The van der Waals surface area contributed by atoms with E-state index in [1.165, 1.54) is 18.5 Å². The Kier molecular flexibility index (Phi) is 2.39. The van der Waals surface area contributed by atoms with Crippen LogP contribution in [0.2, 0.25) is 0 Å². The molecule has 0 heterocycles. The van der Waals surface area contributed by atoms with E-state index in [0.717, 1.165) is 18.2 Å². The van der Waals surface area contributed by atoms with Gasteiger partial charge < -0.3 is 10.1 Å². The summed E-state index contributed by atoms with van der Waals surface area (Å²) >= 11 is 0. The summed E-state index contributed by atoms with van der Waals surface area (Å²) in [5.41, 5.74) is 1.19. The van der Waals surface area contributed by atoms with Crippen LogP contribution in [0.4, 0.5) is 5.69 Å². The third-order valence-electron chi connectivity index (χ3n) is 2.38. The molecule has 2 heteroatoms. The van der Waals surface area contributed by atoms with Gasteiger partial charge >= 0.3 is 0 Å². The SMILES string of the molecule is COc1ccc(NCC2CC2)cc1. The van der Waals surface area contributed by atoms with Crippen molar-refractivity contribution in [2.75, 3.05) is 19.0 Å². The first kappa shape index (κ1) is 8.42. The van der Waals surface area contributed by atoms with Crippen LogP contribution in [-0.2, 0) is 0 Å². The fourth-order valence-corrected chi connectivity index (χ4v) is 1.29. The highest BCUT2D eigenvalue weighted by molar-refractivity contribution is 5.46. The quantitative estimate of drug-likeness (QED) is 0.763. The Morgan fingerprint density at radius 3 is 2.54 bits per heavy atom. The number of benzene rings is 1. The molecule has 1 saturated carbocycles. The summed E-state index contributed by atoms with van der Waals surface area (Å²) in [5, 5.41) is 3.40. The summed E-state index contributed by atoms with van der Waals surface area (Å²) in [7, 11) is 1.69. The molecule has 0 amide bonds. The number of anilines is 1. The number of rotatable bonds is 4. The summed E-state index contributed by atoms with van der Waals surface area (Å²) < 4.78 is 5.08. The molecule has 70 valence electrons. The van der Waals surface area contributed by atoms with Crippen LogP contribution in [0.3, 0.4) is 0 Å². The highest BCUT2D eigenvalue weighted by Gasteiger charge is 2.20. The van der Waals surface area contributed by atoms with E-state index >= 15 is 0 Å². The van der Waals surface area contributed by atoms with Crippen molar-refractivity contribution in [3.8, 4) is 5.75 Å². The van der Waals surface area contributed by atoms with Crippen LogP contribution in [0, 0.1) is 5.92 Å². The standard InChI is InChI=1S/C11H15NO/c1-13-11-6-4-10(5-7-11)12-8-9-2-3-9/h4-7,9,12H,2-3,8H2,1H3. The molecule has 1 N–H and O–H groups in total. The molecule has 0 aromatic heterocycles. The molecule has 0 bridgehead atoms. The van der Waals surface area contributed by atoms with Crippen molar-refractivity contribution in [3.63, 3.8) is 0 Å². The van der Waals surface area contributed by atoms with Crippen LogP contribution in [-0.4, -0.2) is 13.7 Å². The Bertz CT molecular complexity index is 264. The maximum Gasteiger partial charge on any atom is 0.119 e. The van der Waals surface area contributed by atoms with E-state index in [1.807, 2.05) is 12.1 Å². The van der Waals surface area contributed by atoms with Crippen molar-refractivity contribution in [3.05, 3.63) is 24.3 Å². The topological polar surface area (TPSA) is 21.3 Å². The molecule has 2 rings (SSSR count). The third kappa shape index (κ3) is 2.38. The van der Waals surface area contributed by atoms with Gasteiger partial charge in [-0.1, -0.05) is 0 Å². The lowest BCUT2D eigenvalue weighted by Gasteiger charge is -2.05. The number of hydrogen-bond donors (Lipinski definition) is 1. The van der Waals surface area contributed by atoms with Crippen molar-refractivity contribution in [2.24, 2.45) is 5.92 Å². The number of nitrogens with one attached hydrogen (secondary N) is 1. The van der Waals surface area contributed by atoms with E-state index in [0.29, 0.717) is 0 Å². The lowest BCUT2D eigenvalue weighted by Crippen LogP contribution is -2.02. The van der Waals surface area contributed by atoms with Gasteiger partial charge in [-0.05, 0) is 43.0 Å². The molecule has 1 aromatic carbocycles. The van der Waals surface area contributed by atoms with Crippen LogP contribution < -0.4 is 10.1 Å². The molecule has 0 radical (unpaired) electrons. The van der Waals surface area contributed by atoms with Crippen LogP contribution in [0.25, 0.3) is 0 Å². The van der Waals surface area contributed by atoms with Gasteiger partial charge in [0.1, 0.15) is 5.75 Å². The molecule has 13 heavy (non-hydrogen) atoms. The smallest absolute Gasteiger partial charge is 0.119 e. The maximum absolute atomic E-state index is 5.08. The molecule has 0 unspecified atom stereocenters. The van der Waals surface area contributed by atoms with Gasteiger partial charge in [-0.25, -0.2) is 0 Å². The average Bonchev–Trinajstić information content (AvgIpc) is 2.99. The summed E-state index contributed by atoms with van der Waals surface area (Å²) in [4.78, 5) is 0. The van der Waals surface area contributed by atoms with Crippen molar-refractivity contribution in [1.29, 1.82) is 0 Å². The first-order valence-corrected chi connectivity index (χ1v) is 4.76. The average molecular weight is 177 g/mol. The van der Waals surface area contributed by atoms with Gasteiger partial charge in [-0.3, -0.25) is 0 Å². The summed E-state index contributed by atoms with van der Waals surface area (Å²) in [6.45, 7) is 1.12. The summed E-state index contributed by atoms with van der Waals surface area (Å²) in [5.74, 6) is 1.83. The lowest BCUT2D eigenvalue weighted by molar-refractivity contribution is 0.415. The second-order valence-electron chi connectivity index (χ2n) is 3.55. The molecule has 0 aliphatic heterocycles. The first-order valence-electron chi connectivity index (χ1n) is 4.76. The van der Waals surface area contributed by atoms with E-state index in [4.69, 9.17) is 4.74 Å². The second kappa shape index (κ2) is 3.69. The van der Waals surface area contributed by atoms with Crippen LogP contribution in [0.5, 0.6) is 5.75 Å². The number of ether oxygens (including phenoxy) is 1. The Hall–Kier alpha value is -1.18. The predicted molar refractivity (Wildman–Crippen MR) is 54.2 cm³/mol. The molecule has 1 fully saturated rings. The minimum absolute atomic E-state index is 0.914. The second-order valence-corrected chi connectivity index (χ2v) is 3.55. The van der Waals surface area contributed by atoms with Crippen LogP contribution in [0.15, 0.2) is 24.3 Å². The molecule has 0 atom stereocenters. The molecule has 0 saturated heterocycles. The van der Waals surface area contributed by atoms with Crippen molar-refractivity contribution in [1.82, 2.24) is 0 Å². The van der Waals surface area contributed by atoms with Gasteiger partial charge in [-0.15, -0.1) is 0 Å². The number of hydrogen-bond acceptors (Lipinski definition) is 2. The largest absolute Gasteiger partial charge is 0.497 e. The van der Waals surface area contributed by atoms with Gasteiger partial charge in [-0.2, -0.15) is 0 Å². The minimum Gasteiger partial charge on any atom is -0.497 e. The highest BCUT2D eigenvalue weighted by atomic mass is 16.5. The van der Waals surface area contributed by atoms with Crippen molar-refractivity contribution in [2.45, 2.75) is 12.8 Å². The summed E-state index contributed by atoms with van der Waals surface area (Å²) in [6, 6.07) is 8.08. The molecule has 1 aliphatic carbocycles. The molecule has 0 spiro atoms. The fourth-order valence-electron chi connectivity index (χ4n) is 1.29. The first-order chi connectivity index (χ1) is 6.38. The molecular formula is C11H15NO. The van der Waals surface area contributed by atoms with Gasteiger partial charge in [0.2, 0.25) is 0 Å². The Morgan fingerprint density at radius 1 is 1.31 bits per heavy atom. The highest BCUT2D eigenvalue weighted by Crippen LogP contribution is 2.29. The van der Waals surface area contributed by atoms with E-state index in [-0.39, 0.29) is 0 Å². The fraction of sp³-hybridized carbons (Fsp3) is 0.455. The molecule has 2 nitrogen and oxygen atoms in total. The molecule has 1 aromatic rings. The van der Waals surface area contributed by atoms with Gasteiger partial charge in [0, 0.05) is 12.2 Å². The van der Waals surface area contributed by atoms with E-state index in [1.54, 1.807) is 7.11 Å². The zero-order valence-electron chi connectivity index (χ0n) is 7.92. The molecule has 1 aliphatic rings. The Balaban J connectivity index is 1.88. The predicted octanol–water partition coefficient (Wildman–Crippen LogP) is 2.52. The van der Waals surface area contributed by atoms with Crippen molar-refractivity contribution >= 4 is 5.69 Å². The Morgan fingerprint density at radius 2 is 2.00 bits per heavy atom. The normalized spacial score (nSPS) is 15.5. The van der Waals surface area contributed by atoms with Gasteiger partial charge in [0.05, 0.1) is 7.11 Å². The summed E-state index contributed by atoms with van der Waals surface area (Å²) in [6.07, 6.45) is 2.78. The van der Waals surface area contributed by atoms with Crippen molar-refractivity contribution < 1.29 is 4.74 Å². The zero-order valence-corrected chi connectivity index (χ0v) is 7.92. The van der Waals surface area contributed by atoms with E-state index in [2.05, 4.69) is 17.4 Å². The van der Waals surface area contributed by atoms with E-state index in [9.17, 15) is 0 Å². The van der Waals surface area contributed by atoms with Crippen LogP contribution >= 0.6 is 0 Å². The maximum atomic E-state index is 5.08. The van der Waals surface area contributed by atoms with Gasteiger partial charge in [0.25, 0.3) is 0 Å². The third-order valence-corrected chi connectivity index (χ3v) is 2.38. The molecular weight excluding hydrogens is 162 g/mol. The number of methoxy groups -OCH3 is 1. The lowest BCUT2D eigenvalue weighted by atomic mass is 10.3. The monoisotopic (exact) mass is 177 g/mol.